The molecule has 0 saturated heterocycles. The fourth-order valence-electron chi connectivity index (χ4n) is 5.19. The highest BCUT2D eigenvalue weighted by Crippen LogP contribution is 2.40. The van der Waals surface area contributed by atoms with Gasteiger partial charge in [-0.05, 0) is 41.3 Å². The number of ether oxygens (including phenoxy) is 1. The van der Waals surface area contributed by atoms with Crippen LogP contribution in [0.5, 0.6) is 11.5 Å². The Morgan fingerprint density at radius 1 is 0.900 bits per heavy atom. The van der Waals surface area contributed by atoms with E-state index >= 15 is 0 Å². The van der Waals surface area contributed by atoms with Gasteiger partial charge in [0, 0.05) is 22.4 Å². The summed E-state index contributed by atoms with van der Waals surface area (Å²) in [6, 6.07) is 25.5. The van der Waals surface area contributed by atoms with Gasteiger partial charge in [0.25, 0.3) is 10.1 Å². The molecule has 0 aliphatic carbocycles. The first kappa shape index (κ1) is 25.7. The average molecular weight is 573 g/mol. The lowest BCUT2D eigenvalue weighted by molar-refractivity contribution is 0.416. The Morgan fingerprint density at radius 2 is 1.70 bits per heavy atom. The second-order valence-electron chi connectivity index (χ2n) is 9.26. The smallest absolute Gasteiger partial charge is 0.294 e. The van der Waals surface area contributed by atoms with E-state index in [9.17, 15) is 18.1 Å². The highest BCUT2D eigenvalue weighted by atomic mass is 35.5. The molecule has 0 atom stereocenters. The van der Waals surface area contributed by atoms with Crippen LogP contribution < -0.4 is 4.74 Å². The third-order valence-electron chi connectivity index (χ3n) is 6.99. The van der Waals surface area contributed by atoms with E-state index in [4.69, 9.17) is 14.1 Å². The van der Waals surface area contributed by atoms with Crippen LogP contribution in [-0.2, 0) is 10.1 Å². The number of rotatable bonds is 4. The summed E-state index contributed by atoms with van der Waals surface area (Å²) >= 11 is 0. The molecule has 8 nitrogen and oxygen atoms in total. The summed E-state index contributed by atoms with van der Waals surface area (Å²) < 4.78 is 44.6. The maximum atomic E-state index is 11.6. The lowest BCUT2D eigenvalue weighted by Crippen LogP contribution is -1.97. The number of hydrogen-bond acceptors (Lipinski definition) is 6. The van der Waals surface area contributed by atoms with Gasteiger partial charge in [0.15, 0.2) is 0 Å². The molecule has 3 N–H and O–H groups in total. The van der Waals surface area contributed by atoms with E-state index in [2.05, 4.69) is 4.98 Å². The van der Waals surface area contributed by atoms with Crippen LogP contribution in [0.2, 0.25) is 0 Å². The SMILES string of the molecule is COc1cc(-c2cccc3c2oc2ccccc23)ccc1-c1nc2c(ccc3cc(S(=O)(=O)O)cc(O)c32)[nH]1.Cl. The zero-order valence-corrected chi connectivity index (χ0v) is 22.5. The monoisotopic (exact) mass is 572 g/mol. The molecule has 0 aliphatic rings. The quantitative estimate of drug-likeness (QED) is 0.188. The molecule has 10 heteroatoms. The number of aromatic amines is 1. The largest absolute Gasteiger partial charge is 0.507 e. The number of methoxy groups -OCH3 is 1. The summed E-state index contributed by atoms with van der Waals surface area (Å²) in [5.41, 5.74) is 5.27. The maximum Gasteiger partial charge on any atom is 0.294 e. The number of benzene rings is 5. The van der Waals surface area contributed by atoms with Crippen molar-refractivity contribution in [2.24, 2.45) is 0 Å². The van der Waals surface area contributed by atoms with Gasteiger partial charge in [-0.15, -0.1) is 12.4 Å². The molecule has 0 amide bonds. The predicted molar refractivity (Wildman–Crippen MR) is 157 cm³/mol. The summed E-state index contributed by atoms with van der Waals surface area (Å²) in [6.45, 7) is 0. The number of para-hydroxylation sites is 2. The average Bonchev–Trinajstić information content (AvgIpc) is 3.53. The fraction of sp³-hybridized carbons (Fsp3) is 0.0333. The van der Waals surface area contributed by atoms with E-state index in [1.165, 1.54) is 6.07 Å². The topological polar surface area (TPSA) is 126 Å². The Bertz CT molecular complexity index is 2220. The number of phenolic OH excluding ortho intramolecular Hbond substituents is 1. The zero-order valence-electron chi connectivity index (χ0n) is 20.9. The van der Waals surface area contributed by atoms with Gasteiger partial charge in [0.1, 0.15) is 34.0 Å². The van der Waals surface area contributed by atoms with Gasteiger partial charge in [-0.2, -0.15) is 8.42 Å². The lowest BCUT2D eigenvalue weighted by atomic mass is 10.0. The second-order valence-corrected chi connectivity index (χ2v) is 10.7. The number of phenols is 1. The normalized spacial score (nSPS) is 11.8. The highest BCUT2D eigenvalue weighted by Gasteiger charge is 2.19. The van der Waals surface area contributed by atoms with Crippen molar-refractivity contribution in [3.8, 4) is 34.0 Å². The molecule has 5 aromatic carbocycles. The number of imidazole rings is 1. The molecule has 40 heavy (non-hydrogen) atoms. The Morgan fingerprint density at radius 3 is 2.50 bits per heavy atom. The molecule has 2 heterocycles. The van der Waals surface area contributed by atoms with Crippen molar-refractivity contribution in [3.63, 3.8) is 0 Å². The van der Waals surface area contributed by atoms with Gasteiger partial charge in [-0.1, -0.05) is 48.5 Å². The summed E-state index contributed by atoms with van der Waals surface area (Å²) in [5, 5.41) is 13.5. The molecule has 200 valence electrons. The Labute approximate surface area is 234 Å². The molecule has 0 bridgehead atoms. The van der Waals surface area contributed by atoms with Gasteiger partial charge in [-0.25, -0.2) is 4.98 Å². The zero-order chi connectivity index (χ0) is 26.9. The van der Waals surface area contributed by atoms with Crippen molar-refractivity contribution < 1.29 is 27.2 Å². The third kappa shape index (κ3) is 3.94. The molecule has 0 spiro atoms. The minimum Gasteiger partial charge on any atom is -0.507 e. The van der Waals surface area contributed by atoms with Crippen LogP contribution in [0.1, 0.15) is 0 Å². The number of furan rings is 1. The standard InChI is InChI=1S/C30H20N2O6S.ClH/c1-37-26-14-16(19-6-4-7-21-20-5-2-3-8-25(20)38-29(19)21)9-11-22(26)30-31-23-12-10-17-13-18(39(34,35)36)15-24(33)27(17)28(23)32-30;/h2-15,33H,1H3,(H,31,32)(H,34,35,36);1H. The first-order chi connectivity index (χ1) is 18.8. The predicted octanol–water partition coefficient (Wildman–Crippen LogP) is 7.33. The fourth-order valence-corrected chi connectivity index (χ4v) is 5.72. The number of fused-ring (bicyclic) bond motifs is 6. The Hall–Kier alpha value is -4.57. The molecule has 0 unspecified atom stereocenters. The van der Waals surface area contributed by atoms with E-state index in [0.29, 0.717) is 38.9 Å². The molecule has 7 aromatic rings. The number of nitrogens with zero attached hydrogens (tertiary/aromatic N) is 1. The van der Waals surface area contributed by atoms with Gasteiger partial charge in [0.05, 0.1) is 28.5 Å². The molecule has 0 saturated carbocycles. The number of aromatic nitrogens is 2. The number of H-pyrrole nitrogens is 1. The van der Waals surface area contributed by atoms with Crippen LogP contribution in [0, 0.1) is 0 Å². The third-order valence-corrected chi connectivity index (χ3v) is 7.82. The Kier molecular flexibility index (Phi) is 5.95. The first-order valence-electron chi connectivity index (χ1n) is 12.0. The van der Waals surface area contributed by atoms with Gasteiger partial charge >= 0.3 is 0 Å². The van der Waals surface area contributed by atoms with Gasteiger partial charge in [0.2, 0.25) is 0 Å². The first-order valence-corrected chi connectivity index (χ1v) is 13.5. The summed E-state index contributed by atoms with van der Waals surface area (Å²) in [7, 11) is -2.89. The van der Waals surface area contributed by atoms with Crippen molar-refractivity contribution >= 4 is 66.3 Å². The molecule has 0 radical (unpaired) electrons. The van der Waals surface area contributed by atoms with Gasteiger partial charge < -0.3 is 19.2 Å². The van der Waals surface area contributed by atoms with Crippen LogP contribution in [0.15, 0.2) is 94.2 Å². The van der Waals surface area contributed by atoms with Gasteiger partial charge in [-0.3, -0.25) is 4.55 Å². The maximum absolute atomic E-state index is 11.6. The summed E-state index contributed by atoms with van der Waals surface area (Å²) in [4.78, 5) is 7.61. The van der Waals surface area contributed by atoms with Crippen LogP contribution >= 0.6 is 12.4 Å². The van der Waals surface area contributed by atoms with Crippen LogP contribution in [0.3, 0.4) is 0 Å². The van der Waals surface area contributed by atoms with Crippen molar-refractivity contribution in [1.82, 2.24) is 9.97 Å². The number of nitrogens with one attached hydrogen (secondary N) is 1. The molecule has 0 aliphatic heterocycles. The number of halogens is 1. The molecule has 2 aromatic heterocycles. The highest BCUT2D eigenvalue weighted by molar-refractivity contribution is 7.85. The van der Waals surface area contributed by atoms with E-state index < -0.39 is 10.1 Å². The number of hydrogen-bond donors (Lipinski definition) is 3. The number of aromatic hydroxyl groups is 1. The van der Waals surface area contributed by atoms with Crippen molar-refractivity contribution in [2.75, 3.05) is 7.11 Å². The van der Waals surface area contributed by atoms with Crippen LogP contribution in [0.25, 0.3) is 66.3 Å². The molecular formula is C30H21ClN2O6S. The van der Waals surface area contributed by atoms with E-state index in [1.807, 2.05) is 60.7 Å². The Balaban J connectivity index is 0.00000289. The summed E-state index contributed by atoms with van der Waals surface area (Å²) in [5.74, 6) is 0.799. The van der Waals surface area contributed by atoms with Crippen molar-refractivity contribution in [2.45, 2.75) is 4.90 Å². The molecule has 7 rings (SSSR count). The van der Waals surface area contributed by atoms with Crippen molar-refractivity contribution in [1.29, 1.82) is 0 Å². The van der Waals surface area contributed by atoms with E-state index in [1.54, 1.807) is 19.2 Å². The minimum absolute atomic E-state index is 0. The molecule has 0 fully saturated rings. The van der Waals surface area contributed by atoms with Crippen LogP contribution in [0.4, 0.5) is 0 Å². The second kappa shape index (κ2) is 9.27. The minimum atomic E-state index is -4.48. The summed E-state index contributed by atoms with van der Waals surface area (Å²) in [6.07, 6.45) is 0. The van der Waals surface area contributed by atoms with E-state index in [0.717, 1.165) is 39.1 Å². The molecular weight excluding hydrogens is 552 g/mol. The lowest BCUT2D eigenvalue weighted by Gasteiger charge is -2.10. The van der Waals surface area contributed by atoms with Crippen molar-refractivity contribution in [3.05, 3.63) is 84.9 Å². The van der Waals surface area contributed by atoms with Crippen LogP contribution in [-0.4, -0.2) is 35.2 Å². The van der Waals surface area contributed by atoms with E-state index in [-0.39, 0.29) is 23.1 Å².